The van der Waals surface area contributed by atoms with Crippen LogP contribution in [0.2, 0.25) is 5.02 Å². The monoisotopic (exact) mass is 727 g/mol. The number of ketones is 1. The summed E-state index contributed by atoms with van der Waals surface area (Å²) in [5.41, 5.74) is 2.78. The second-order valence-corrected chi connectivity index (χ2v) is 15.7. The Morgan fingerprint density at radius 2 is 1.82 bits per heavy atom. The SMILES string of the molecule is CC(C)=CC[C@H](NC(=O)[C@@H]1C[C@@H](OCc2ccc(Cl)cc2)CN1C(=O)[C@@H](CCC1CCNCC1)NS(C)(=O)=O)C(=O)c1nc2ccccc2o1. The van der Waals surface area contributed by atoms with Gasteiger partial charge in [0.25, 0.3) is 5.89 Å². The molecule has 0 bridgehead atoms. The minimum atomic E-state index is -3.76. The number of piperidine rings is 1. The van der Waals surface area contributed by atoms with Gasteiger partial charge in [-0.15, -0.1) is 0 Å². The van der Waals surface area contributed by atoms with Crippen LogP contribution in [0.25, 0.3) is 11.1 Å². The standard InChI is InChI=1S/C36H46ClN5O7S/c1-23(2)8-14-29(33(43)35-40-28-6-4-5-7-32(28)49-35)39-34(44)31-20-27(48-22-25-9-12-26(37)13-10-25)21-42(31)36(45)30(41-50(3,46)47)15-11-24-16-18-38-19-17-24/h4-10,12-13,24,27,29-31,38,41H,11,14-22H2,1-3H3,(H,39,44)/t27-,29+,30-,31+/m1/s1. The fraction of sp³-hybridized carbons (Fsp3) is 0.500. The van der Waals surface area contributed by atoms with Gasteiger partial charge >= 0.3 is 0 Å². The zero-order valence-electron chi connectivity index (χ0n) is 28.7. The van der Waals surface area contributed by atoms with E-state index in [2.05, 4.69) is 20.3 Å². The highest BCUT2D eigenvalue weighted by Gasteiger charge is 2.44. The number of aromatic nitrogens is 1. The first-order valence-corrected chi connectivity index (χ1v) is 19.3. The van der Waals surface area contributed by atoms with Crippen molar-refractivity contribution in [2.45, 2.75) is 83.2 Å². The van der Waals surface area contributed by atoms with Gasteiger partial charge in [0.1, 0.15) is 23.6 Å². The van der Waals surface area contributed by atoms with Crippen LogP contribution in [-0.2, 0) is 31.0 Å². The summed E-state index contributed by atoms with van der Waals surface area (Å²) in [5.74, 6) is -1.33. The van der Waals surface area contributed by atoms with Crippen LogP contribution < -0.4 is 15.4 Å². The lowest BCUT2D eigenvalue weighted by atomic mass is 9.91. The Morgan fingerprint density at radius 3 is 2.50 bits per heavy atom. The van der Waals surface area contributed by atoms with Gasteiger partial charge in [-0.3, -0.25) is 14.4 Å². The van der Waals surface area contributed by atoms with Gasteiger partial charge in [-0.2, -0.15) is 0 Å². The van der Waals surface area contributed by atoms with Crippen molar-refractivity contribution in [1.29, 1.82) is 0 Å². The Hall–Kier alpha value is -3.62. The largest absolute Gasteiger partial charge is 0.434 e. The van der Waals surface area contributed by atoms with Gasteiger partial charge < -0.3 is 24.7 Å². The fourth-order valence-electron chi connectivity index (χ4n) is 6.45. The highest BCUT2D eigenvalue weighted by molar-refractivity contribution is 7.88. The summed E-state index contributed by atoms with van der Waals surface area (Å²) in [6.07, 6.45) is 5.49. The molecule has 50 heavy (non-hydrogen) atoms. The van der Waals surface area contributed by atoms with Gasteiger partial charge in [-0.1, -0.05) is 47.5 Å². The maximum Gasteiger partial charge on any atom is 0.266 e. The molecule has 4 atom stereocenters. The second-order valence-electron chi connectivity index (χ2n) is 13.4. The maximum absolute atomic E-state index is 14.3. The molecule has 5 rings (SSSR count). The molecule has 12 nitrogen and oxygen atoms in total. The molecule has 3 aromatic rings. The van der Waals surface area contributed by atoms with Crippen molar-refractivity contribution in [1.82, 2.24) is 25.2 Å². The number of allylic oxidation sites excluding steroid dienone is 1. The molecule has 3 heterocycles. The molecule has 0 saturated carbocycles. The van der Waals surface area contributed by atoms with E-state index in [1.165, 1.54) is 4.90 Å². The predicted octanol–water partition coefficient (Wildman–Crippen LogP) is 4.39. The smallest absolute Gasteiger partial charge is 0.266 e. The van der Waals surface area contributed by atoms with Crippen molar-refractivity contribution in [2.24, 2.45) is 5.92 Å². The number of rotatable bonds is 15. The second kappa shape index (κ2) is 17.1. The van der Waals surface area contributed by atoms with E-state index in [0.717, 1.165) is 43.3 Å². The first kappa shape index (κ1) is 37.6. The van der Waals surface area contributed by atoms with Crippen LogP contribution in [0.15, 0.2) is 64.6 Å². The molecule has 2 aromatic carbocycles. The molecule has 2 aliphatic rings. The minimum absolute atomic E-state index is 0.0670. The normalized spacial score (nSPS) is 19.6. The van der Waals surface area contributed by atoms with Crippen LogP contribution in [0, 0.1) is 5.92 Å². The number of benzene rings is 2. The number of likely N-dealkylation sites (tertiary alicyclic amines) is 1. The number of nitrogens with zero attached hydrogens (tertiary/aromatic N) is 2. The van der Waals surface area contributed by atoms with Crippen LogP contribution in [0.1, 0.15) is 68.6 Å². The van der Waals surface area contributed by atoms with Crippen molar-refractivity contribution in [3.05, 3.63) is 76.7 Å². The molecule has 0 aliphatic carbocycles. The summed E-state index contributed by atoms with van der Waals surface area (Å²) in [4.78, 5) is 47.9. The van der Waals surface area contributed by atoms with Crippen molar-refractivity contribution < 1.29 is 32.0 Å². The van der Waals surface area contributed by atoms with Gasteiger partial charge in [0.15, 0.2) is 5.58 Å². The lowest BCUT2D eigenvalue weighted by molar-refractivity contribution is -0.140. The number of ether oxygens (including phenoxy) is 1. The van der Waals surface area contributed by atoms with Gasteiger partial charge in [-0.05, 0) is 94.8 Å². The van der Waals surface area contributed by atoms with Crippen LogP contribution >= 0.6 is 11.6 Å². The molecule has 270 valence electrons. The number of Topliss-reactive ketones (excluding diaryl/α,β-unsaturated/α-hetero) is 1. The number of halogens is 1. The van der Waals surface area contributed by atoms with Gasteiger partial charge in [0, 0.05) is 18.0 Å². The summed E-state index contributed by atoms with van der Waals surface area (Å²) in [5, 5.41) is 6.78. The first-order chi connectivity index (χ1) is 23.9. The Morgan fingerprint density at radius 1 is 1.10 bits per heavy atom. The molecule has 2 fully saturated rings. The molecule has 1 aromatic heterocycles. The van der Waals surface area contributed by atoms with E-state index in [9.17, 15) is 22.8 Å². The van der Waals surface area contributed by atoms with Crippen LogP contribution in [-0.4, -0.2) is 86.0 Å². The Kier molecular flexibility index (Phi) is 12.8. The Bertz CT molecular complexity index is 1750. The Labute approximate surface area is 298 Å². The number of hydrogen-bond donors (Lipinski definition) is 3. The van der Waals surface area contributed by atoms with E-state index in [4.69, 9.17) is 20.8 Å². The van der Waals surface area contributed by atoms with Crippen molar-refractivity contribution in [2.75, 3.05) is 25.9 Å². The molecule has 3 N–H and O–H groups in total. The van der Waals surface area contributed by atoms with Crippen LogP contribution in [0.3, 0.4) is 0 Å². The van der Waals surface area contributed by atoms with Crippen molar-refractivity contribution in [3.63, 3.8) is 0 Å². The molecular weight excluding hydrogens is 682 g/mol. The number of carbonyl (C=O) groups is 3. The van der Waals surface area contributed by atoms with Gasteiger partial charge in [0.2, 0.25) is 27.6 Å². The molecule has 14 heteroatoms. The maximum atomic E-state index is 14.3. The van der Waals surface area contributed by atoms with Gasteiger partial charge in [-0.25, -0.2) is 18.1 Å². The summed E-state index contributed by atoms with van der Waals surface area (Å²) >= 11 is 6.04. The summed E-state index contributed by atoms with van der Waals surface area (Å²) in [6.45, 7) is 5.82. The minimum Gasteiger partial charge on any atom is -0.434 e. The van der Waals surface area contributed by atoms with E-state index in [1.807, 2.05) is 32.1 Å². The number of amides is 2. The highest BCUT2D eigenvalue weighted by Crippen LogP contribution is 2.26. The molecule has 2 saturated heterocycles. The van der Waals surface area contributed by atoms with E-state index >= 15 is 0 Å². The number of oxazole rings is 1. The van der Waals surface area contributed by atoms with E-state index in [-0.39, 0.29) is 38.3 Å². The topological polar surface area (TPSA) is 160 Å². The highest BCUT2D eigenvalue weighted by atomic mass is 35.5. The molecule has 2 amide bonds. The number of para-hydroxylation sites is 2. The fourth-order valence-corrected chi connectivity index (χ4v) is 7.31. The number of nitrogens with one attached hydrogen (secondary N) is 3. The third-order valence-corrected chi connectivity index (χ3v) is 10.1. The molecular formula is C36H46ClN5O7S. The number of sulfonamides is 1. The lowest BCUT2D eigenvalue weighted by Gasteiger charge is -2.30. The van der Waals surface area contributed by atoms with Crippen molar-refractivity contribution >= 4 is 50.3 Å². The molecule has 0 radical (unpaired) electrons. The Balaban J connectivity index is 1.38. The van der Waals surface area contributed by atoms with E-state index in [1.54, 1.807) is 36.4 Å². The summed E-state index contributed by atoms with van der Waals surface area (Å²) < 4.78 is 39.4. The van der Waals surface area contributed by atoms with Crippen LogP contribution in [0.4, 0.5) is 0 Å². The zero-order valence-corrected chi connectivity index (χ0v) is 30.3. The third kappa shape index (κ3) is 10.5. The van der Waals surface area contributed by atoms with E-state index in [0.29, 0.717) is 28.5 Å². The van der Waals surface area contributed by atoms with E-state index < -0.39 is 51.9 Å². The average Bonchev–Trinajstić information content (AvgIpc) is 3.72. The zero-order chi connectivity index (χ0) is 35.8. The summed E-state index contributed by atoms with van der Waals surface area (Å²) in [6, 6.07) is 11.1. The number of carbonyl (C=O) groups excluding carboxylic acids is 3. The number of fused-ring (bicyclic) bond motifs is 1. The lowest BCUT2D eigenvalue weighted by Crippen LogP contribution is -2.55. The third-order valence-electron chi connectivity index (χ3n) is 9.12. The molecule has 0 spiro atoms. The summed E-state index contributed by atoms with van der Waals surface area (Å²) in [7, 11) is -3.76. The molecule has 2 aliphatic heterocycles. The number of hydrogen-bond acceptors (Lipinski definition) is 9. The average molecular weight is 728 g/mol. The first-order valence-electron chi connectivity index (χ1n) is 17.0. The van der Waals surface area contributed by atoms with Crippen LogP contribution in [0.5, 0.6) is 0 Å². The quantitative estimate of drug-likeness (QED) is 0.152. The van der Waals surface area contributed by atoms with Crippen molar-refractivity contribution in [3.8, 4) is 0 Å². The molecule has 0 unspecified atom stereocenters. The van der Waals surface area contributed by atoms with Gasteiger partial charge in [0.05, 0.1) is 19.0 Å². The predicted molar refractivity (Wildman–Crippen MR) is 191 cm³/mol.